The summed E-state index contributed by atoms with van der Waals surface area (Å²) in [5.74, 6) is -0.0765. The Morgan fingerprint density at radius 3 is 2.54 bits per heavy atom. The van der Waals surface area contributed by atoms with Gasteiger partial charge in [0.2, 0.25) is 5.91 Å². The Labute approximate surface area is 154 Å². The van der Waals surface area contributed by atoms with Crippen molar-refractivity contribution in [1.82, 2.24) is 9.80 Å². The van der Waals surface area contributed by atoms with Crippen molar-refractivity contribution >= 4 is 5.91 Å². The van der Waals surface area contributed by atoms with Crippen LogP contribution in [0.25, 0.3) is 0 Å². The summed E-state index contributed by atoms with van der Waals surface area (Å²) in [6, 6.07) is 6.43. The lowest BCUT2D eigenvalue weighted by Crippen LogP contribution is -2.47. The summed E-state index contributed by atoms with van der Waals surface area (Å²) in [6.45, 7) is 6.30. The number of rotatable bonds is 4. The van der Waals surface area contributed by atoms with E-state index < -0.39 is 5.41 Å². The second-order valence-corrected chi connectivity index (χ2v) is 7.60. The highest BCUT2D eigenvalue weighted by Crippen LogP contribution is 2.49. The molecule has 1 aromatic rings. The summed E-state index contributed by atoms with van der Waals surface area (Å²) in [6.07, 6.45) is 2.61. The van der Waals surface area contributed by atoms with Crippen molar-refractivity contribution in [1.29, 1.82) is 0 Å². The highest BCUT2D eigenvalue weighted by Gasteiger charge is 2.53. The van der Waals surface area contributed by atoms with Gasteiger partial charge in [0.25, 0.3) is 0 Å². The molecule has 1 amide bonds. The number of ether oxygens (including phenoxy) is 2. The standard InChI is InChI=1S/C20H27FN2O3/c21-17-4-2-16(3-5-17)20(6-7-20)19(24)23-8-1-11-26-18(15-23)14-22-9-12-25-13-10-22/h2-5,18H,1,6-15H2. The van der Waals surface area contributed by atoms with Crippen LogP contribution in [-0.4, -0.2) is 74.4 Å². The highest BCUT2D eigenvalue weighted by molar-refractivity contribution is 5.91. The average molecular weight is 362 g/mol. The van der Waals surface area contributed by atoms with Crippen LogP contribution in [0.1, 0.15) is 24.8 Å². The maximum absolute atomic E-state index is 13.3. The van der Waals surface area contributed by atoms with Gasteiger partial charge in [0, 0.05) is 39.3 Å². The Kier molecular flexibility index (Phi) is 5.25. The van der Waals surface area contributed by atoms with E-state index in [9.17, 15) is 9.18 Å². The van der Waals surface area contributed by atoms with Crippen LogP contribution in [0.3, 0.4) is 0 Å². The van der Waals surface area contributed by atoms with Gasteiger partial charge in [-0.3, -0.25) is 9.69 Å². The molecule has 0 aromatic heterocycles. The minimum atomic E-state index is -0.443. The molecule has 0 radical (unpaired) electrons. The minimum Gasteiger partial charge on any atom is -0.379 e. The van der Waals surface area contributed by atoms with Crippen molar-refractivity contribution in [3.8, 4) is 0 Å². The van der Waals surface area contributed by atoms with Gasteiger partial charge in [-0.15, -0.1) is 0 Å². The van der Waals surface area contributed by atoms with Crippen molar-refractivity contribution in [3.63, 3.8) is 0 Å². The largest absolute Gasteiger partial charge is 0.379 e. The number of nitrogens with zero attached hydrogens (tertiary/aromatic N) is 2. The number of hydrogen-bond donors (Lipinski definition) is 0. The number of benzene rings is 1. The Bertz CT molecular complexity index is 626. The summed E-state index contributed by atoms with van der Waals surface area (Å²) < 4.78 is 24.7. The van der Waals surface area contributed by atoms with Gasteiger partial charge in [-0.2, -0.15) is 0 Å². The van der Waals surface area contributed by atoms with E-state index in [1.54, 1.807) is 12.1 Å². The van der Waals surface area contributed by atoms with E-state index in [0.29, 0.717) is 13.2 Å². The molecule has 1 saturated carbocycles. The number of carbonyl (C=O) groups is 1. The van der Waals surface area contributed by atoms with Crippen LogP contribution in [0, 0.1) is 5.82 Å². The zero-order chi connectivity index (χ0) is 18.0. The fraction of sp³-hybridized carbons (Fsp3) is 0.650. The molecule has 0 bridgehead atoms. The Morgan fingerprint density at radius 2 is 1.85 bits per heavy atom. The van der Waals surface area contributed by atoms with E-state index in [4.69, 9.17) is 9.47 Å². The number of amides is 1. The highest BCUT2D eigenvalue weighted by atomic mass is 19.1. The molecule has 1 unspecified atom stereocenters. The molecule has 1 aliphatic carbocycles. The molecular formula is C20H27FN2O3. The fourth-order valence-electron chi connectivity index (χ4n) is 4.08. The molecule has 1 aromatic carbocycles. The molecule has 2 heterocycles. The molecule has 142 valence electrons. The molecule has 4 rings (SSSR count). The van der Waals surface area contributed by atoms with Gasteiger partial charge in [-0.05, 0) is 37.0 Å². The SMILES string of the molecule is O=C(N1CCCOC(CN2CCOCC2)C1)C1(c2ccc(F)cc2)CC1. The maximum atomic E-state index is 13.3. The summed E-state index contributed by atoms with van der Waals surface area (Å²) in [5.41, 5.74) is 0.500. The number of hydrogen-bond acceptors (Lipinski definition) is 4. The van der Waals surface area contributed by atoms with Crippen molar-refractivity contribution < 1.29 is 18.7 Å². The van der Waals surface area contributed by atoms with E-state index in [2.05, 4.69) is 4.90 Å². The summed E-state index contributed by atoms with van der Waals surface area (Å²) in [7, 11) is 0. The molecule has 0 N–H and O–H groups in total. The molecule has 3 aliphatic rings. The molecule has 5 nitrogen and oxygen atoms in total. The molecule has 26 heavy (non-hydrogen) atoms. The van der Waals surface area contributed by atoms with Gasteiger partial charge in [0.15, 0.2) is 0 Å². The molecule has 6 heteroatoms. The third kappa shape index (κ3) is 3.77. The Balaban J connectivity index is 1.43. The van der Waals surface area contributed by atoms with Crippen molar-refractivity contribution in [2.24, 2.45) is 0 Å². The lowest BCUT2D eigenvalue weighted by molar-refractivity contribution is -0.135. The fourth-order valence-corrected chi connectivity index (χ4v) is 4.08. The zero-order valence-corrected chi connectivity index (χ0v) is 15.2. The smallest absolute Gasteiger partial charge is 0.233 e. The van der Waals surface area contributed by atoms with Crippen LogP contribution >= 0.6 is 0 Å². The van der Waals surface area contributed by atoms with Gasteiger partial charge < -0.3 is 14.4 Å². The second-order valence-electron chi connectivity index (χ2n) is 7.60. The van der Waals surface area contributed by atoms with E-state index in [-0.39, 0.29) is 17.8 Å². The number of carbonyl (C=O) groups excluding carboxylic acids is 1. The van der Waals surface area contributed by atoms with E-state index >= 15 is 0 Å². The zero-order valence-electron chi connectivity index (χ0n) is 15.2. The quantitative estimate of drug-likeness (QED) is 0.819. The molecule has 2 aliphatic heterocycles. The average Bonchev–Trinajstić information content (AvgIpc) is 3.48. The number of halogens is 1. The van der Waals surface area contributed by atoms with E-state index in [0.717, 1.165) is 64.2 Å². The first-order valence-electron chi connectivity index (χ1n) is 9.64. The second kappa shape index (κ2) is 7.62. The Morgan fingerprint density at radius 1 is 1.12 bits per heavy atom. The maximum Gasteiger partial charge on any atom is 0.233 e. The van der Waals surface area contributed by atoms with Gasteiger partial charge in [-0.1, -0.05) is 12.1 Å². The predicted molar refractivity (Wildman–Crippen MR) is 95.5 cm³/mol. The van der Waals surface area contributed by atoms with Gasteiger partial charge in [0.1, 0.15) is 5.82 Å². The molecule has 3 fully saturated rings. The van der Waals surface area contributed by atoms with Crippen molar-refractivity contribution in [3.05, 3.63) is 35.6 Å². The first-order chi connectivity index (χ1) is 12.7. The van der Waals surface area contributed by atoms with Crippen molar-refractivity contribution in [2.45, 2.75) is 30.8 Å². The van der Waals surface area contributed by atoms with Crippen molar-refractivity contribution in [2.75, 3.05) is 52.5 Å². The van der Waals surface area contributed by atoms with E-state index in [1.165, 1.54) is 12.1 Å². The monoisotopic (exact) mass is 362 g/mol. The third-order valence-electron chi connectivity index (χ3n) is 5.76. The normalized spacial score (nSPS) is 26.3. The number of morpholine rings is 1. The summed E-state index contributed by atoms with van der Waals surface area (Å²) in [5, 5.41) is 0. The molecule has 1 atom stereocenters. The van der Waals surface area contributed by atoms with Crippen LogP contribution in [0.15, 0.2) is 24.3 Å². The lowest BCUT2D eigenvalue weighted by atomic mass is 9.94. The molecule has 0 spiro atoms. The van der Waals surface area contributed by atoms with Crippen LogP contribution in [0.5, 0.6) is 0 Å². The third-order valence-corrected chi connectivity index (χ3v) is 5.76. The van der Waals surface area contributed by atoms with Crippen LogP contribution < -0.4 is 0 Å². The van der Waals surface area contributed by atoms with Gasteiger partial charge >= 0.3 is 0 Å². The minimum absolute atomic E-state index is 0.0450. The van der Waals surface area contributed by atoms with Gasteiger partial charge in [-0.25, -0.2) is 4.39 Å². The van der Waals surface area contributed by atoms with Crippen LogP contribution in [0.2, 0.25) is 0 Å². The predicted octanol–water partition coefficient (Wildman–Crippen LogP) is 1.81. The Hall–Kier alpha value is -1.50. The first kappa shape index (κ1) is 17.9. The topological polar surface area (TPSA) is 42.0 Å². The molecule has 2 saturated heterocycles. The van der Waals surface area contributed by atoms with Crippen LogP contribution in [0.4, 0.5) is 4.39 Å². The first-order valence-corrected chi connectivity index (χ1v) is 9.64. The summed E-state index contributed by atoms with van der Waals surface area (Å²) in [4.78, 5) is 17.6. The van der Waals surface area contributed by atoms with E-state index in [1.807, 2.05) is 4.90 Å². The lowest BCUT2D eigenvalue weighted by Gasteiger charge is -2.32. The molecular weight excluding hydrogens is 335 g/mol. The summed E-state index contributed by atoms with van der Waals surface area (Å²) >= 11 is 0. The van der Waals surface area contributed by atoms with Gasteiger partial charge in [0.05, 0.1) is 24.7 Å². The van der Waals surface area contributed by atoms with Crippen LogP contribution in [-0.2, 0) is 19.7 Å².